The molecule has 2 aromatic rings. The van der Waals surface area contributed by atoms with Crippen molar-refractivity contribution in [1.82, 2.24) is 0 Å². The number of anilines is 1. The molecule has 0 aliphatic heterocycles. The number of carbonyl (C=O) groups excluding carboxylic acids is 2. The number of nitrogens with two attached hydrogens (primary N) is 1. The minimum atomic E-state index is -0.672. The van der Waals surface area contributed by atoms with Gasteiger partial charge < -0.3 is 10.5 Å². The smallest absolute Gasteiger partial charge is 0.340 e. The minimum Gasteiger partial charge on any atom is -0.454 e. The number of nitrogen functional groups attached to an aromatic ring is 1. The Labute approximate surface area is 121 Å². The molecule has 4 nitrogen and oxygen atoms in total. The van der Waals surface area contributed by atoms with Crippen molar-refractivity contribution in [2.45, 2.75) is 0 Å². The van der Waals surface area contributed by atoms with Crippen molar-refractivity contribution < 1.29 is 14.3 Å². The SMILES string of the molecule is Nc1c(Cl)cccc1C(=O)OCC(=O)c1ccccc1. The molecule has 0 aliphatic carbocycles. The highest BCUT2D eigenvalue weighted by atomic mass is 35.5. The van der Waals surface area contributed by atoms with Crippen molar-refractivity contribution in [3.8, 4) is 0 Å². The van der Waals surface area contributed by atoms with E-state index < -0.39 is 5.97 Å². The van der Waals surface area contributed by atoms with Gasteiger partial charge >= 0.3 is 5.97 Å². The highest BCUT2D eigenvalue weighted by Gasteiger charge is 2.15. The molecule has 2 N–H and O–H groups in total. The van der Waals surface area contributed by atoms with E-state index in [9.17, 15) is 9.59 Å². The molecule has 0 saturated heterocycles. The summed E-state index contributed by atoms with van der Waals surface area (Å²) in [6, 6.07) is 13.3. The maximum Gasteiger partial charge on any atom is 0.340 e. The van der Waals surface area contributed by atoms with E-state index in [2.05, 4.69) is 0 Å². The summed E-state index contributed by atoms with van der Waals surface area (Å²) in [4.78, 5) is 23.6. The predicted molar refractivity (Wildman–Crippen MR) is 76.9 cm³/mol. The van der Waals surface area contributed by atoms with Gasteiger partial charge in [0.15, 0.2) is 12.4 Å². The molecule has 0 spiro atoms. The van der Waals surface area contributed by atoms with Gasteiger partial charge in [-0.05, 0) is 12.1 Å². The summed E-state index contributed by atoms with van der Waals surface area (Å²) in [7, 11) is 0. The highest BCUT2D eigenvalue weighted by Crippen LogP contribution is 2.22. The van der Waals surface area contributed by atoms with Crippen LogP contribution < -0.4 is 5.73 Å². The molecule has 2 rings (SSSR count). The second-order valence-corrected chi connectivity index (χ2v) is 4.47. The maximum absolute atomic E-state index is 11.8. The Morgan fingerprint density at radius 1 is 1.05 bits per heavy atom. The van der Waals surface area contributed by atoms with Gasteiger partial charge in [-0.1, -0.05) is 48.0 Å². The molecule has 5 heteroatoms. The molecule has 102 valence electrons. The number of hydrogen-bond donors (Lipinski definition) is 1. The molecule has 0 fully saturated rings. The number of rotatable bonds is 4. The van der Waals surface area contributed by atoms with Crippen LogP contribution in [0.15, 0.2) is 48.5 Å². The van der Waals surface area contributed by atoms with Gasteiger partial charge in [-0.3, -0.25) is 4.79 Å². The Balaban J connectivity index is 2.03. The first-order valence-electron chi connectivity index (χ1n) is 5.89. The van der Waals surface area contributed by atoms with Crippen LogP contribution in [0.1, 0.15) is 20.7 Å². The van der Waals surface area contributed by atoms with Gasteiger partial charge in [-0.2, -0.15) is 0 Å². The summed E-state index contributed by atoms with van der Waals surface area (Å²) in [5, 5.41) is 0.272. The number of benzene rings is 2. The van der Waals surface area contributed by atoms with Crippen LogP contribution in [0.4, 0.5) is 5.69 Å². The van der Waals surface area contributed by atoms with Crippen molar-refractivity contribution in [1.29, 1.82) is 0 Å². The molecule has 0 unspecified atom stereocenters. The molecule has 0 saturated carbocycles. The Hall–Kier alpha value is -2.33. The van der Waals surface area contributed by atoms with Gasteiger partial charge in [0.05, 0.1) is 16.3 Å². The summed E-state index contributed by atoms with van der Waals surface area (Å²) in [6.45, 7) is -0.338. The third-order valence-corrected chi connectivity index (χ3v) is 3.03. The average molecular weight is 290 g/mol. The van der Waals surface area contributed by atoms with E-state index in [1.165, 1.54) is 6.07 Å². The fraction of sp³-hybridized carbons (Fsp3) is 0.0667. The van der Waals surface area contributed by atoms with Crippen LogP contribution in [-0.4, -0.2) is 18.4 Å². The largest absolute Gasteiger partial charge is 0.454 e. The summed E-state index contributed by atoms with van der Waals surface area (Å²) < 4.78 is 4.95. The zero-order valence-corrected chi connectivity index (χ0v) is 11.3. The third-order valence-electron chi connectivity index (χ3n) is 2.70. The lowest BCUT2D eigenvalue weighted by Gasteiger charge is -2.07. The minimum absolute atomic E-state index is 0.145. The van der Waals surface area contributed by atoms with E-state index in [0.717, 1.165) is 0 Å². The molecule has 0 bridgehead atoms. The van der Waals surface area contributed by atoms with Gasteiger partial charge in [-0.25, -0.2) is 4.79 Å². The van der Waals surface area contributed by atoms with Crippen molar-refractivity contribution in [3.63, 3.8) is 0 Å². The number of carbonyl (C=O) groups is 2. The van der Waals surface area contributed by atoms with Gasteiger partial charge in [0, 0.05) is 5.56 Å². The second kappa shape index (κ2) is 6.21. The Morgan fingerprint density at radius 2 is 1.75 bits per heavy atom. The third kappa shape index (κ3) is 3.16. The number of ether oxygens (including phenoxy) is 1. The van der Waals surface area contributed by atoms with Crippen LogP contribution in [0.25, 0.3) is 0 Å². The van der Waals surface area contributed by atoms with Crippen molar-refractivity contribution >= 4 is 29.0 Å². The van der Waals surface area contributed by atoms with Crippen LogP contribution in [0, 0.1) is 0 Å². The van der Waals surface area contributed by atoms with E-state index in [1.807, 2.05) is 0 Å². The number of halogens is 1. The van der Waals surface area contributed by atoms with Crippen LogP contribution >= 0.6 is 11.6 Å². The Morgan fingerprint density at radius 3 is 2.45 bits per heavy atom. The fourth-order valence-electron chi connectivity index (χ4n) is 1.63. The second-order valence-electron chi connectivity index (χ2n) is 4.07. The molecular weight excluding hydrogens is 278 g/mol. The van der Waals surface area contributed by atoms with Crippen LogP contribution in [0.2, 0.25) is 5.02 Å². The molecule has 0 amide bonds. The Bertz CT molecular complexity index is 641. The lowest BCUT2D eigenvalue weighted by Crippen LogP contribution is -2.15. The molecule has 0 radical (unpaired) electrons. The maximum atomic E-state index is 11.8. The normalized spacial score (nSPS) is 10.1. The zero-order valence-electron chi connectivity index (χ0n) is 10.5. The van der Waals surface area contributed by atoms with Crippen molar-refractivity contribution in [3.05, 3.63) is 64.7 Å². The molecule has 20 heavy (non-hydrogen) atoms. The predicted octanol–water partition coefficient (Wildman–Crippen LogP) is 2.96. The van der Waals surface area contributed by atoms with E-state index in [0.29, 0.717) is 5.56 Å². The van der Waals surface area contributed by atoms with Gasteiger partial charge in [0.1, 0.15) is 0 Å². The Kier molecular flexibility index (Phi) is 4.38. The quantitative estimate of drug-likeness (QED) is 0.534. The van der Waals surface area contributed by atoms with Gasteiger partial charge in [0.25, 0.3) is 0 Å². The topological polar surface area (TPSA) is 69.4 Å². The first-order valence-corrected chi connectivity index (χ1v) is 6.26. The number of Topliss-reactive ketones (excluding diaryl/α,β-unsaturated/α-hetero) is 1. The number of hydrogen-bond acceptors (Lipinski definition) is 4. The fourth-order valence-corrected chi connectivity index (χ4v) is 1.81. The monoisotopic (exact) mass is 289 g/mol. The number of esters is 1. The van der Waals surface area contributed by atoms with Crippen molar-refractivity contribution in [2.75, 3.05) is 12.3 Å². The molecule has 0 aliphatic rings. The van der Waals surface area contributed by atoms with E-state index >= 15 is 0 Å². The van der Waals surface area contributed by atoms with Crippen LogP contribution in [-0.2, 0) is 4.74 Å². The molecule has 0 aromatic heterocycles. The van der Waals surface area contributed by atoms with E-state index in [1.54, 1.807) is 42.5 Å². The number of para-hydroxylation sites is 1. The summed E-state index contributed by atoms with van der Waals surface area (Å²) in [6.07, 6.45) is 0. The lowest BCUT2D eigenvalue weighted by molar-refractivity contribution is 0.0476. The molecule has 0 atom stereocenters. The first-order chi connectivity index (χ1) is 9.59. The summed E-state index contributed by atoms with van der Waals surface area (Å²) in [5.74, 6) is -0.950. The zero-order chi connectivity index (χ0) is 14.5. The van der Waals surface area contributed by atoms with Crippen molar-refractivity contribution in [2.24, 2.45) is 0 Å². The van der Waals surface area contributed by atoms with E-state index in [4.69, 9.17) is 22.1 Å². The van der Waals surface area contributed by atoms with Crippen LogP contribution in [0.5, 0.6) is 0 Å². The lowest BCUT2D eigenvalue weighted by atomic mass is 10.1. The number of ketones is 1. The highest BCUT2D eigenvalue weighted by molar-refractivity contribution is 6.33. The first kappa shape index (κ1) is 14.1. The molecule has 0 heterocycles. The summed E-state index contributed by atoms with van der Waals surface area (Å²) >= 11 is 5.82. The summed E-state index contributed by atoms with van der Waals surface area (Å²) in [5.41, 5.74) is 6.46. The van der Waals surface area contributed by atoms with E-state index in [-0.39, 0.29) is 28.7 Å². The van der Waals surface area contributed by atoms with Gasteiger partial charge in [-0.15, -0.1) is 0 Å². The molecular formula is C15H12ClNO3. The molecule has 2 aromatic carbocycles. The standard InChI is InChI=1S/C15H12ClNO3/c16-12-8-4-7-11(14(12)17)15(19)20-9-13(18)10-5-2-1-3-6-10/h1-8H,9,17H2. The van der Waals surface area contributed by atoms with Gasteiger partial charge in [0.2, 0.25) is 0 Å². The average Bonchev–Trinajstić information content (AvgIpc) is 2.48. The van der Waals surface area contributed by atoms with Crippen LogP contribution in [0.3, 0.4) is 0 Å².